The van der Waals surface area contributed by atoms with Gasteiger partial charge in [0, 0.05) is 6.04 Å². The van der Waals surface area contributed by atoms with Gasteiger partial charge in [-0.15, -0.1) is 0 Å². The Morgan fingerprint density at radius 2 is 1.84 bits per heavy atom. The van der Waals surface area contributed by atoms with Gasteiger partial charge in [-0.2, -0.15) is 0 Å². The molecule has 1 unspecified atom stereocenters. The van der Waals surface area contributed by atoms with Crippen LogP contribution in [0.5, 0.6) is 5.75 Å². The first-order valence-corrected chi connectivity index (χ1v) is 7.54. The van der Waals surface area contributed by atoms with E-state index in [9.17, 15) is 0 Å². The van der Waals surface area contributed by atoms with Crippen LogP contribution >= 0.6 is 0 Å². The standard InChI is InChI=1S/C17H29NO/c1-6-14(7-2)12-16(18-8-3)15-9-10-17(19-5)13(4)11-15/h9-11,14,16,18H,6-8,12H2,1-5H3. The van der Waals surface area contributed by atoms with Crippen molar-refractivity contribution in [2.75, 3.05) is 13.7 Å². The van der Waals surface area contributed by atoms with Crippen LogP contribution in [0, 0.1) is 12.8 Å². The molecule has 1 aromatic rings. The van der Waals surface area contributed by atoms with E-state index in [2.05, 4.69) is 51.2 Å². The predicted molar refractivity (Wildman–Crippen MR) is 82.8 cm³/mol. The van der Waals surface area contributed by atoms with Crippen molar-refractivity contribution in [3.05, 3.63) is 29.3 Å². The summed E-state index contributed by atoms with van der Waals surface area (Å²) in [5, 5.41) is 3.62. The zero-order valence-electron chi connectivity index (χ0n) is 13.1. The molecule has 1 N–H and O–H groups in total. The van der Waals surface area contributed by atoms with Crippen LogP contribution < -0.4 is 10.1 Å². The Morgan fingerprint density at radius 1 is 1.16 bits per heavy atom. The van der Waals surface area contributed by atoms with E-state index in [1.165, 1.54) is 30.4 Å². The molecule has 0 radical (unpaired) electrons. The fourth-order valence-corrected chi connectivity index (χ4v) is 2.66. The minimum Gasteiger partial charge on any atom is -0.496 e. The molecule has 0 saturated carbocycles. The molecule has 0 aromatic heterocycles. The summed E-state index contributed by atoms with van der Waals surface area (Å²) in [4.78, 5) is 0. The second-order valence-corrected chi connectivity index (χ2v) is 5.26. The smallest absolute Gasteiger partial charge is 0.121 e. The first kappa shape index (κ1) is 16.0. The topological polar surface area (TPSA) is 21.3 Å². The van der Waals surface area contributed by atoms with Crippen molar-refractivity contribution in [1.82, 2.24) is 5.32 Å². The van der Waals surface area contributed by atoms with Crippen LogP contribution in [0.3, 0.4) is 0 Å². The fourth-order valence-electron chi connectivity index (χ4n) is 2.66. The third kappa shape index (κ3) is 4.54. The molecule has 0 saturated heterocycles. The molecule has 0 fully saturated rings. The van der Waals surface area contributed by atoms with Gasteiger partial charge in [0.15, 0.2) is 0 Å². The molecular formula is C17H29NO. The van der Waals surface area contributed by atoms with E-state index in [1.807, 2.05) is 0 Å². The molecule has 0 aliphatic rings. The Kier molecular flexibility index (Phi) is 6.93. The summed E-state index contributed by atoms with van der Waals surface area (Å²) in [6, 6.07) is 7.00. The zero-order valence-corrected chi connectivity index (χ0v) is 13.1. The Labute approximate surface area is 118 Å². The molecule has 0 aliphatic heterocycles. The summed E-state index contributed by atoms with van der Waals surface area (Å²) in [7, 11) is 1.73. The molecule has 19 heavy (non-hydrogen) atoms. The lowest BCUT2D eigenvalue weighted by Crippen LogP contribution is -2.23. The van der Waals surface area contributed by atoms with Crippen LogP contribution in [0.15, 0.2) is 18.2 Å². The van der Waals surface area contributed by atoms with Crippen LogP contribution in [0.25, 0.3) is 0 Å². The molecule has 1 aromatic carbocycles. The highest BCUT2D eigenvalue weighted by molar-refractivity contribution is 5.37. The molecule has 0 bridgehead atoms. The van der Waals surface area contributed by atoms with Gasteiger partial charge in [0.25, 0.3) is 0 Å². The number of methoxy groups -OCH3 is 1. The monoisotopic (exact) mass is 263 g/mol. The molecule has 0 aliphatic carbocycles. The predicted octanol–water partition coefficient (Wildman–Crippen LogP) is 4.48. The Balaban J connectivity index is 2.88. The summed E-state index contributed by atoms with van der Waals surface area (Å²) >= 11 is 0. The van der Waals surface area contributed by atoms with Crippen molar-refractivity contribution in [3.63, 3.8) is 0 Å². The SMILES string of the molecule is CCNC(CC(CC)CC)c1ccc(OC)c(C)c1. The van der Waals surface area contributed by atoms with Gasteiger partial charge >= 0.3 is 0 Å². The lowest BCUT2D eigenvalue weighted by Gasteiger charge is -2.24. The highest BCUT2D eigenvalue weighted by Crippen LogP contribution is 2.28. The first-order valence-electron chi connectivity index (χ1n) is 7.54. The maximum Gasteiger partial charge on any atom is 0.121 e. The Bertz CT molecular complexity index is 372. The average Bonchev–Trinajstić information content (AvgIpc) is 2.43. The molecule has 2 heteroatoms. The van der Waals surface area contributed by atoms with Crippen molar-refractivity contribution >= 4 is 0 Å². The quantitative estimate of drug-likeness (QED) is 0.746. The minimum absolute atomic E-state index is 0.458. The van der Waals surface area contributed by atoms with Crippen LogP contribution in [-0.2, 0) is 0 Å². The Hall–Kier alpha value is -1.02. The van der Waals surface area contributed by atoms with Crippen molar-refractivity contribution in [1.29, 1.82) is 0 Å². The van der Waals surface area contributed by atoms with Gasteiger partial charge < -0.3 is 10.1 Å². The van der Waals surface area contributed by atoms with Gasteiger partial charge in [0.1, 0.15) is 5.75 Å². The molecule has 1 rings (SSSR count). The summed E-state index contributed by atoms with van der Waals surface area (Å²) in [5.74, 6) is 1.77. The van der Waals surface area contributed by atoms with E-state index in [1.54, 1.807) is 7.11 Å². The second kappa shape index (κ2) is 8.21. The van der Waals surface area contributed by atoms with Crippen LogP contribution in [0.4, 0.5) is 0 Å². The van der Waals surface area contributed by atoms with E-state index in [4.69, 9.17) is 4.74 Å². The van der Waals surface area contributed by atoms with E-state index in [0.29, 0.717) is 6.04 Å². The van der Waals surface area contributed by atoms with Gasteiger partial charge in [-0.25, -0.2) is 0 Å². The number of nitrogens with one attached hydrogen (secondary N) is 1. The lowest BCUT2D eigenvalue weighted by atomic mass is 9.90. The molecule has 1 atom stereocenters. The van der Waals surface area contributed by atoms with Crippen LogP contribution in [0.2, 0.25) is 0 Å². The van der Waals surface area contributed by atoms with Crippen LogP contribution in [-0.4, -0.2) is 13.7 Å². The summed E-state index contributed by atoms with van der Waals surface area (Å²) in [6.07, 6.45) is 3.73. The van der Waals surface area contributed by atoms with Crippen molar-refractivity contribution < 1.29 is 4.74 Å². The maximum absolute atomic E-state index is 5.34. The number of rotatable bonds is 8. The van der Waals surface area contributed by atoms with Crippen molar-refractivity contribution in [2.45, 2.75) is 53.0 Å². The van der Waals surface area contributed by atoms with E-state index in [0.717, 1.165) is 18.2 Å². The highest BCUT2D eigenvalue weighted by atomic mass is 16.5. The first-order chi connectivity index (χ1) is 9.15. The number of aryl methyl sites for hydroxylation is 1. The summed E-state index contributed by atoms with van der Waals surface area (Å²) in [6.45, 7) is 9.88. The highest BCUT2D eigenvalue weighted by Gasteiger charge is 2.16. The normalized spacial score (nSPS) is 12.7. The summed E-state index contributed by atoms with van der Waals surface area (Å²) in [5.41, 5.74) is 2.60. The van der Waals surface area contributed by atoms with E-state index < -0.39 is 0 Å². The number of ether oxygens (including phenoxy) is 1. The molecule has 2 nitrogen and oxygen atoms in total. The van der Waals surface area contributed by atoms with Gasteiger partial charge in [-0.3, -0.25) is 0 Å². The third-order valence-electron chi connectivity index (χ3n) is 4.00. The van der Waals surface area contributed by atoms with E-state index >= 15 is 0 Å². The molecule has 0 amide bonds. The lowest BCUT2D eigenvalue weighted by molar-refractivity contribution is 0.374. The van der Waals surface area contributed by atoms with Gasteiger partial charge in [0.2, 0.25) is 0 Å². The zero-order chi connectivity index (χ0) is 14.3. The number of hydrogen-bond donors (Lipinski definition) is 1. The van der Waals surface area contributed by atoms with Crippen molar-refractivity contribution in [3.8, 4) is 5.75 Å². The van der Waals surface area contributed by atoms with E-state index in [-0.39, 0.29) is 0 Å². The molecule has 0 heterocycles. The van der Waals surface area contributed by atoms with Crippen molar-refractivity contribution in [2.24, 2.45) is 5.92 Å². The number of benzene rings is 1. The minimum atomic E-state index is 0.458. The fraction of sp³-hybridized carbons (Fsp3) is 0.647. The average molecular weight is 263 g/mol. The largest absolute Gasteiger partial charge is 0.496 e. The molecule has 0 spiro atoms. The second-order valence-electron chi connectivity index (χ2n) is 5.26. The molecular weight excluding hydrogens is 234 g/mol. The molecule has 108 valence electrons. The van der Waals surface area contributed by atoms with Crippen LogP contribution in [0.1, 0.15) is 57.2 Å². The van der Waals surface area contributed by atoms with Gasteiger partial charge in [-0.1, -0.05) is 45.7 Å². The third-order valence-corrected chi connectivity index (χ3v) is 4.00. The maximum atomic E-state index is 5.34. The number of hydrogen-bond acceptors (Lipinski definition) is 2. The van der Waals surface area contributed by atoms with Gasteiger partial charge in [-0.05, 0) is 43.0 Å². The summed E-state index contributed by atoms with van der Waals surface area (Å²) < 4.78 is 5.34. The Morgan fingerprint density at radius 3 is 2.32 bits per heavy atom. The van der Waals surface area contributed by atoms with Gasteiger partial charge in [0.05, 0.1) is 7.11 Å².